The molecule has 0 heterocycles. The van der Waals surface area contributed by atoms with Gasteiger partial charge in [0.25, 0.3) is 11.3 Å². The monoisotopic (exact) mass is 303 g/mol. The van der Waals surface area contributed by atoms with Crippen molar-refractivity contribution >= 4 is 23.2 Å². The first kappa shape index (κ1) is 15.4. The lowest BCUT2D eigenvalue weighted by molar-refractivity contribution is -0.108. The van der Waals surface area contributed by atoms with Gasteiger partial charge in [-0.25, -0.2) is 4.21 Å². The quantitative estimate of drug-likeness (QED) is 0.659. The van der Waals surface area contributed by atoms with E-state index in [9.17, 15) is 13.6 Å². The molecule has 2 rings (SSSR count). The molecule has 0 aromatic heterocycles. The van der Waals surface area contributed by atoms with Gasteiger partial charge in [0.05, 0.1) is 5.69 Å². The molecule has 2 unspecified atom stereocenters. The molecule has 110 valence electrons. The van der Waals surface area contributed by atoms with Crippen molar-refractivity contribution in [2.24, 2.45) is 0 Å². The fourth-order valence-corrected chi connectivity index (χ4v) is 2.79. The molecule has 4 nitrogen and oxygen atoms in total. The van der Waals surface area contributed by atoms with E-state index in [1.165, 1.54) is 4.31 Å². The number of carbonyl (C=O) groups is 1. The van der Waals surface area contributed by atoms with E-state index in [1.807, 2.05) is 49.4 Å². The predicted molar refractivity (Wildman–Crippen MR) is 84.4 cm³/mol. The zero-order valence-corrected chi connectivity index (χ0v) is 12.5. The van der Waals surface area contributed by atoms with Crippen LogP contribution in [-0.2, 0) is 22.5 Å². The van der Waals surface area contributed by atoms with Crippen LogP contribution in [-0.4, -0.2) is 21.1 Å². The van der Waals surface area contributed by atoms with Gasteiger partial charge in [0.15, 0.2) is 0 Å². The van der Waals surface area contributed by atoms with E-state index >= 15 is 0 Å². The van der Waals surface area contributed by atoms with Crippen molar-refractivity contribution in [3.05, 3.63) is 65.7 Å². The highest BCUT2D eigenvalue weighted by molar-refractivity contribution is 7.80. The number of carbonyl (C=O) groups excluding carboxylic acids is 1. The van der Waals surface area contributed by atoms with Crippen LogP contribution in [0, 0.1) is 6.92 Å². The first-order chi connectivity index (χ1) is 10.1. The Labute approximate surface area is 126 Å². The second-order valence-corrected chi connectivity index (χ2v) is 5.64. The summed E-state index contributed by atoms with van der Waals surface area (Å²) in [5.41, 5.74) is 2.54. The van der Waals surface area contributed by atoms with Gasteiger partial charge in [-0.3, -0.25) is 8.86 Å². The van der Waals surface area contributed by atoms with Gasteiger partial charge in [-0.2, -0.15) is 0 Å². The maximum Gasteiger partial charge on any atom is 0.262 e. The van der Waals surface area contributed by atoms with Gasteiger partial charge in [-0.1, -0.05) is 48.0 Å². The minimum atomic E-state index is -2.26. The molecule has 0 spiro atoms. The Kier molecular flexibility index (Phi) is 5.25. The van der Waals surface area contributed by atoms with Crippen molar-refractivity contribution < 1.29 is 13.6 Å². The van der Waals surface area contributed by atoms with Crippen LogP contribution in [0.1, 0.15) is 11.1 Å². The van der Waals surface area contributed by atoms with E-state index in [2.05, 4.69) is 0 Å². The number of aryl methyl sites for hydroxylation is 1. The standard InChI is InChI=1S/C16H17NO3S/c1-13-7-9-15(10-8-13)17(21(19)20)16(12-18)11-14-5-3-2-4-6-14/h2-10,12,16H,11H2,1H3,(H,19,20). The Morgan fingerprint density at radius 2 is 1.76 bits per heavy atom. The van der Waals surface area contributed by atoms with Crippen LogP contribution in [0.3, 0.4) is 0 Å². The molecule has 0 bridgehead atoms. The first-order valence-electron chi connectivity index (χ1n) is 6.58. The average Bonchev–Trinajstić information content (AvgIpc) is 2.49. The van der Waals surface area contributed by atoms with E-state index < -0.39 is 17.3 Å². The van der Waals surface area contributed by atoms with Crippen LogP contribution < -0.4 is 4.31 Å². The third kappa shape index (κ3) is 4.00. The Bertz CT molecular complexity index is 613. The van der Waals surface area contributed by atoms with Crippen LogP contribution in [0.2, 0.25) is 0 Å². The second kappa shape index (κ2) is 7.15. The fourth-order valence-electron chi connectivity index (χ4n) is 2.13. The molecule has 0 aliphatic rings. The molecule has 0 aliphatic carbocycles. The number of aldehydes is 1. The minimum Gasteiger partial charge on any atom is -0.301 e. The van der Waals surface area contributed by atoms with Crippen molar-refractivity contribution in [1.29, 1.82) is 0 Å². The van der Waals surface area contributed by atoms with Crippen LogP contribution in [0.25, 0.3) is 0 Å². The van der Waals surface area contributed by atoms with Crippen molar-refractivity contribution in [1.82, 2.24) is 0 Å². The maximum atomic E-state index is 11.7. The highest BCUT2D eigenvalue weighted by atomic mass is 32.2. The predicted octanol–water partition coefficient (Wildman–Crippen LogP) is 2.75. The lowest BCUT2D eigenvalue weighted by Crippen LogP contribution is -2.39. The third-order valence-corrected chi connectivity index (χ3v) is 4.02. The van der Waals surface area contributed by atoms with Gasteiger partial charge >= 0.3 is 0 Å². The van der Waals surface area contributed by atoms with Gasteiger partial charge in [0, 0.05) is 6.42 Å². The van der Waals surface area contributed by atoms with E-state index in [4.69, 9.17) is 0 Å². The Hall–Kier alpha value is -1.98. The molecule has 5 heteroatoms. The SMILES string of the molecule is Cc1ccc(N(C(C=O)Cc2ccccc2)S(=O)O)cc1. The number of benzene rings is 2. The number of nitrogens with zero attached hydrogens (tertiary/aromatic N) is 1. The first-order valence-corrected chi connectivity index (χ1v) is 7.64. The molecule has 0 aliphatic heterocycles. The molecule has 0 saturated heterocycles. The molecule has 0 fully saturated rings. The second-order valence-electron chi connectivity index (χ2n) is 4.79. The molecular formula is C16H17NO3S. The molecule has 2 aromatic rings. The maximum absolute atomic E-state index is 11.7. The van der Waals surface area contributed by atoms with E-state index in [-0.39, 0.29) is 0 Å². The summed E-state index contributed by atoms with van der Waals surface area (Å²) in [6, 6.07) is 15.9. The van der Waals surface area contributed by atoms with Gasteiger partial charge in [0.1, 0.15) is 12.3 Å². The van der Waals surface area contributed by atoms with Gasteiger partial charge < -0.3 is 4.79 Å². The summed E-state index contributed by atoms with van der Waals surface area (Å²) < 4.78 is 22.4. The highest BCUT2D eigenvalue weighted by Crippen LogP contribution is 2.20. The van der Waals surface area contributed by atoms with Crippen molar-refractivity contribution in [2.45, 2.75) is 19.4 Å². The van der Waals surface area contributed by atoms with E-state index in [0.29, 0.717) is 18.4 Å². The number of hydrogen-bond donors (Lipinski definition) is 1. The molecule has 21 heavy (non-hydrogen) atoms. The summed E-state index contributed by atoms with van der Waals surface area (Å²) in [6.45, 7) is 1.94. The molecule has 1 N–H and O–H groups in total. The smallest absolute Gasteiger partial charge is 0.262 e. The van der Waals surface area contributed by atoms with E-state index in [1.54, 1.807) is 12.1 Å². The van der Waals surface area contributed by atoms with Crippen LogP contribution in [0.5, 0.6) is 0 Å². The van der Waals surface area contributed by atoms with Gasteiger partial charge in [-0.05, 0) is 24.6 Å². The highest BCUT2D eigenvalue weighted by Gasteiger charge is 2.23. The Morgan fingerprint density at radius 1 is 1.14 bits per heavy atom. The molecule has 0 amide bonds. The Morgan fingerprint density at radius 3 is 2.29 bits per heavy atom. The normalized spacial score (nSPS) is 13.4. The summed E-state index contributed by atoms with van der Waals surface area (Å²) in [5, 5.41) is 0. The van der Waals surface area contributed by atoms with Crippen LogP contribution >= 0.6 is 0 Å². The topological polar surface area (TPSA) is 57.6 Å². The lowest BCUT2D eigenvalue weighted by Gasteiger charge is -2.26. The van der Waals surface area contributed by atoms with Crippen LogP contribution in [0.15, 0.2) is 54.6 Å². The van der Waals surface area contributed by atoms with Crippen molar-refractivity contribution in [3.63, 3.8) is 0 Å². The molecule has 0 radical (unpaired) electrons. The number of hydrogen-bond acceptors (Lipinski definition) is 2. The summed E-state index contributed by atoms with van der Waals surface area (Å²) in [6.07, 6.45) is 1.09. The number of rotatable bonds is 6. The van der Waals surface area contributed by atoms with Crippen molar-refractivity contribution in [2.75, 3.05) is 4.31 Å². The zero-order chi connectivity index (χ0) is 15.2. The molecular weight excluding hydrogens is 286 g/mol. The van der Waals surface area contributed by atoms with E-state index in [0.717, 1.165) is 11.1 Å². The van der Waals surface area contributed by atoms with Gasteiger partial charge in [-0.15, -0.1) is 0 Å². The van der Waals surface area contributed by atoms with Gasteiger partial charge in [0.2, 0.25) is 0 Å². The lowest BCUT2D eigenvalue weighted by atomic mass is 10.1. The number of anilines is 1. The summed E-state index contributed by atoms with van der Waals surface area (Å²) in [7, 11) is 0. The molecule has 0 saturated carbocycles. The van der Waals surface area contributed by atoms with Crippen LogP contribution in [0.4, 0.5) is 5.69 Å². The zero-order valence-electron chi connectivity index (χ0n) is 11.7. The average molecular weight is 303 g/mol. The summed E-state index contributed by atoms with van der Waals surface area (Å²) >= 11 is -2.26. The minimum absolute atomic E-state index is 0.379. The Balaban J connectivity index is 2.28. The molecule has 2 aromatic carbocycles. The third-order valence-electron chi connectivity index (χ3n) is 3.20. The molecule has 2 atom stereocenters. The summed E-state index contributed by atoms with van der Waals surface area (Å²) in [4.78, 5) is 11.4. The fraction of sp³-hybridized carbons (Fsp3) is 0.188. The largest absolute Gasteiger partial charge is 0.301 e. The van der Waals surface area contributed by atoms with Crippen molar-refractivity contribution in [3.8, 4) is 0 Å². The summed E-state index contributed by atoms with van der Waals surface area (Å²) in [5.74, 6) is 0.